The molecular weight excluding hydrogens is 208 g/mol. The van der Waals surface area contributed by atoms with E-state index in [-0.39, 0.29) is 6.04 Å². The van der Waals surface area contributed by atoms with Gasteiger partial charge in [-0.25, -0.2) is 0 Å². The van der Waals surface area contributed by atoms with Crippen LogP contribution >= 0.6 is 0 Å². The number of hydrogen-bond donors (Lipinski definition) is 1. The Labute approximate surface area is 92.0 Å². The normalized spacial score (nSPS) is 17.6. The molecule has 0 bridgehead atoms. The fourth-order valence-corrected chi connectivity index (χ4v) is 1.76. The van der Waals surface area contributed by atoms with Crippen molar-refractivity contribution in [2.24, 2.45) is 5.73 Å². The number of hydrogen-bond acceptors (Lipinski definition) is 6. The minimum Gasteiger partial charge on any atom is -0.461 e. The molecule has 0 aliphatic carbocycles. The summed E-state index contributed by atoms with van der Waals surface area (Å²) in [6.45, 7) is 2.43. The molecular formula is C10H12N4O2. The van der Waals surface area contributed by atoms with E-state index in [1.807, 2.05) is 0 Å². The van der Waals surface area contributed by atoms with E-state index in [1.54, 1.807) is 18.4 Å². The van der Waals surface area contributed by atoms with Crippen molar-refractivity contribution in [1.29, 1.82) is 0 Å². The van der Waals surface area contributed by atoms with Crippen LogP contribution in [0.2, 0.25) is 0 Å². The van der Waals surface area contributed by atoms with Crippen LogP contribution in [0.3, 0.4) is 0 Å². The van der Waals surface area contributed by atoms with Crippen LogP contribution in [0.1, 0.15) is 5.89 Å². The lowest BCUT2D eigenvalue weighted by Crippen LogP contribution is -2.54. The molecule has 2 aromatic heterocycles. The first-order valence-electron chi connectivity index (χ1n) is 5.15. The lowest BCUT2D eigenvalue weighted by Gasteiger charge is -2.35. The third-order valence-electron chi connectivity index (χ3n) is 2.55. The maximum Gasteiger partial charge on any atom is 0.241 e. The van der Waals surface area contributed by atoms with Crippen LogP contribution in [0.25, 0.3) is 11.6 Å². The van der Waals surface area contributed by atoms with Gasteiger partial charge in [0.15, 0.2) is 5.76 Å². The zero-order valence-corrected chi connectivity index (χ0v) is 8.67. The van der Waals surface area contributed by atoms with E-state index in [0.717, 1.165) is 13.1 Å². The van der Waals surface area contributed by atoms with Gasteiger partial charge in [-0.15, -0.1) is 0 Å². The van der Waals surface area contributed by atoms with Crippen LogP contribution < -0.4 is 5.73 Å². The second-order valence-electron chi connectivity index (χ2n) is 3.94. The zero-order valence-electron chi connectivity index (χ0n) is 8.67. The molecule has 0 unspecified atom stereocenters. The van der Waals surface area contributed by atoms with E-state index in [2.05, 4.69) is 15.0 Å². The lowest BCUT2D eigenvalue weighted by molar-refractivity contribution is 0.125. The molecule has 0 saturated carbocycles. The van der Waals surface area contributed by atoms with Crippen molar-refractivity contribution in [3.8, 4) is 11.6 Å². The van der Waals surface area contributed by atoms with E-state index >= 15 is 0 Å². The van der Waals surface area contributed by atoms with Crippen LogP contribution in [-0.4, -0.2) is 34.2 Å². The summed E-state index contributed by atoms with van der Waals surface area (Å²) < 4.78 is 10.3. The molecule has 0 amide bonds. The highest BCUT2D eigenvalue weighted by Crippen LogP contribution is 2.17. The Morgan fingerprint density at radius 1 is 1.50 bits per heavy atom. The van der Waals surface area contributed by atoms with E-state index in [9.17, 15) is 0 Å². The standard InChI is InChI=1S/C10H12N4O2/c11-7-4-14(5-7)6-9-12-10(13-16-9)8-2-1-3-15-8/h1-3,7H,4-6,11H2. The molecule has 84 valence electrons. The van der Waals surface area contributed by atoms with E-state index in [1.165, 1.54) is 0 Å². The number of nitrogens with two attached hydrogens (primary N) is 1. The maximum absolute atomic E-state index is 5.68. The first-order chi connectivity index (χ1) is 7.81. The Morgan fingerprint density at radius 2 is 2.38 bits per heavy atom. The minimum atomic E-state index is 0.285. The quantitative estimate of drug-likeness (QED) is 0.809. The highest BCUT2D eigenvalue weighted by Gasteiger charge is 2.24. The minimum absolute atomic E-state index is 0.285. The second kappa shape index (κ2) is 3.73. The number of nitrogens with zero attached hydrogens (tertiary/aromatic N) is 3. The Hall–Kier alpha value is -1.66. The monoisotopic (exact) mass is 220 g/mol. The average molecular weight is 220 g/mol. The van der Waals surface area contributed by atoms with E-state index < -0.39 is 0 Å². The van der Waals surface area contributed by atoms with Crippen molar-refractivity contribution in [2.45, 2.75) is 12.6 Å². The highest BCUT2D eigenvalue weighted by atomic mass is 16.5. The first kappa shape index (κ1) is 9.56. The molecule has 6 nitrogen and oxygen atoms in total. The van der Waals surface area contributed by atoms with Crippen molar-refractivity contribution in [1.82, 2.24) is 15.0 Å². The molecule has 1 fully saturated rings. The Bertz CT molecular complexity index is 459. The molecule has 3 heterocycles. The van der Waals surface area contributed by atoms with Crippen molar-refractivity contribution in [3.63, 3.8) is 0 Å². The maximum atomic E-state index is 5.68. The molecule has 0 atom stereocenters. The number of furan rings is 1. The van der Waals surface area contributed by atoms with Gasteiger partial charge < -0.3 is 14.7 Å². The van der Waals surface area contributed by atoms with Gasteiger partial charge in [-0.1, -0.05) is 5.16 Å². The van der Waals surface area contributed by atoms with E-state index in [0.29, 0.717) is 24.0 Å². The number of rotatable bonds is 3. The number of aromatic nitrogens is 2. The van der Waals surface area contributed by atoms with Gasteiger partial charge in [0, 0.05) is 19.1 Å². The molecule has 6 heteroatoms. The van der Waals surface area contributed by atoms with Crippen molar-refractivity contribution < 1.29 is 8.94 Å². The molecule has 0 aromatic carbocycles. The zero-order chi connectivity index (χ0) is 11.0. The summed E-state index contributed by atoms with van der Waals surface area (Å²) in [5, 5.41) is 3.85. The van der Waals surface area contributed by atoms with Gasteiger partial charge in [-0.2, -0.15) is 4.98 Å². The predicted molar refractivity (Wildman–Crippen MR) is 55.3 cm³/mol. The second-order valence-corrected chi connectivity index (χ2v) is 3.94. The summed E-state index contributed by atoms with van der Waals surface area (Å²) in [4.78, 5) is 6.40. The fourth-order valence-electron chi connectivity index (χ4n) is 1.76. The van der Waals surface area contributed by atoms with Crippen LogP contribution in [-0.2, 0) is 6.54 Å². The SMILES string of the molecule is NC1CN(Cc2nc(-c3ccco3)no2)C1. The van der Waals surface area contributed by atoms with Gasteiger partial charge in [0.05, 0.1) is 12.8 Å². The average Bonchev–Trinajstić information content (AvgIpc) is 2.84. The molecule has 1 saturated heterocycles. The smallest absolute Gasteiger partial charge is 0.241 e. The molecule has 16 heavy (non-hydrogen) atoms. The molecule has 2 aromatic rings. The largest absolute Gasteiger partial charge is 0.461 e. The van der Waals surface area contributed by atoms with Crippen molar-refractivity contribution in [3.05, 3.63) is 24.3 Å². The lowest BCUT2D eigenvalue weighted by atomic mass is 10.1. The van der Waals surface area contributed by atoms with Crippen molar-refractivity contribution in [2.75, 3.05) is 13.1 Å². The van der Waals surface area contributed by atoms with Gasteiger partial charge in [0.2, 0.25) is 11.7 Å². The van der Waals surface area contributed by atoms with Crippen LogP contribution in [0, 0.1) is 0 Å². The summed E-state index contributed by atoms with van der Waals surface area (Å²) in [6, 6.07) is 3.88. The fraction of sp³-hybridized carbons (Fsp3) is 0.400. The molecule has 0 spiro atoms. The van der Waals surface area contributed by atoms with Crippen LogP contribution in [0.15, 0.2) is 27.3 Å². The summed E-state index contributed by atoms with van der Waals surface area (Å²) in [5.41, 5.74) is 5.68. The third kappa shape index (κ3) is 1.72. The van der Waals surface area contributed by atoms with Gasteiger partial charge >= 0.3 is 0 Å². The summed E-state index contributed by atoms with van der Waals surface area (Å²) in [7, 11) is 0. The third-order valence-corrected chi connectivity index (χ3v) is 2.55. The van der Waals surface area contributed by atoms with Gasteiger partial charge in [-0.3, -0.25) is 4.90 Å². The molecule has 2 N–H and O–H groups in total. The Kier molecular flexibility index (Phi) is 2.23. The number of likely N-dealkylation sites (tertiary alicyclic amines) is 1. The summed E-state index contributed by atoms with van der Waals surface area (Å²) >= 11 is 0. The van der Waals surface area contributed by atoms with Crippen molar-refractivity contribution >= 4 is 0 Å². The summed E-state index contributed by atoms with van der Waals surface area (Å²) in [5.74, 6) is 1.71. The Balaban J connectivity index is 1.69. The predicted octanol–water partition coefficient (Wildman–Crippen LogP) is 0.472. The van der Waals surface area contributed by atoms with Gasteiger partial charge in [0.1, 0.15) is 0 Å². The Morgan fingerprint density at radius 3 is 3.06 bits per heavy atom. The van der Waals surface area contributed by atoms with Gasteiger partial charge in [-0.05, 0) is 12.1 Å². The van der Waals surface area contributed by atoms with Crippen LogP contribution in [0.5, 0.6) is 0 Å². The van der Waals surface area contributed by atoms with Gasteiger partial charge in [0.25, 0.3) is 0 Å². The van der Waals surface area contributed by atoms with E-state index in [4.69, 9.17) is 14.7 Å². The molecule has 1 aliphatic rings. The molecule has 1 aliphatic heterocycles. The summed E-state index contributed by atoms with van der Waals surface area (Å²) in [6.07, 6.45) is 1.58. The first-order valence-corrected chi connectivity index (χ1v) is 5.15. The molecule has 3 rings (SSSR count). The highest BCUT2D eigenvalue weighted by molar-refractivity contribution is 5.44. The molecule has 0 radical (unpaired) electrons. The van der Waals surface area contributed by atoms with Crippen LogP contribution in [0.4, 0.5) is 0 Å². The topological polar surface area (TPSA) is 81.3 Å².